The molecule has 0 bridgehead atoms. The van der Waals surface area contributed by atoms with E-state index in [-0.39, 0.29) is 17.6 Å². The Morgan fingerprint density at radius 3 is 2.81 bits per heavy atom. The number of rotatable bonds is 3. The molecule has 3 rings (SSSR count). The van der Waals surface area contributed by atoms with E-state index >= 15 is 0 Å². The third kappa shape index (κ3) is 2.99. The van der Waals surface area contributed by atoms with Crippen LogP contribution in [0.3, 0.4) is 0 Å². The van der Waals surface area contributed by atoms with Gasteiger partial charge in [-0.05, 0) is 24.1 Å². The van der Waals surface area contributed by atoms with Crippen LogP contribution in [0.5, 0.6) is 5.75 Å². The Bertz CT molecular complexity index is 655. The zero-order valence-electron chi connectivity index (χ0n) is 11.7. The van der Waals surface area contributed by atoms with Gasteiger partial charge in [0.05, 0.1) is 5.92 Å². The average Bonchev–Trinajstić information content (AvgIpc) is 2.53. The molecule has 0 fully saturated rings. The fourth-order valence-corrected chi connectivity index (χ4v) is 2.61. The van der Waals surface area contributed by atoms with E-state index in [2.05, 4.69) is 10.6 Å². The zero-order chi connectivity index (χ0) is 14.7. The molecule has 4 nitrogen and oxygen atoms in total. The van der Waals surface area contributed by atoms with E-state index in [1.54, 1.807) is 12.1 Å². The van der Waals surface area contributed by atoms with E-state index in [1.165, 1.54) is 5.56 Å². The van der Waals surface area contributed by atoms with Gasteiger partial charge in [-0.15, -0.1) is 0 Å². The number of hydrogen-bond donors (Lipinski definition) is 3. The first-order valence-corrected chi connectivity index (χ1v) is 7.10. The minimum Gasteiger partial charge on any atom is -0.508 e. The molecule has 0 saturated heterocycles. The van der Waals surface area contributed by atoms with Crippen molar-refractivity contribution in [3.8, 4) is 5.75 Å². The third-order valence-electron chi connectivity index (χ3n) is 3.84. The van der Waals surface area contributed by atoms with Crippen LogP contribution in [0.1, 0.15) is 11.1 Å². The summed E-state index contributed by atoms with van der Waals surface area (Å²) in [6.07, 6.45) is 0.746. The van der Waals surface area contributed by atoms with Gasteiger partial charge >= 0.3 is 0 Å². The van der Waals surface area contributed by atoms with Gasteiger partial charge in [-0.2, -0.15) is 0 Å². The van der Waals surface area contributed by atoms with Crippen LogP contribution in [0.15, 0.2) is 48.5 Å². The van der Waals surface area contributed by atoms with Gasteiger partial charge in [0, 0.05) is 24.3 Å². The number of fused-ring (bicyclic) bond motifs is 1. The molecule has 21 heavy (non-hydrogen) atoms. The molecule has 0 aliphatic carbocycles. The fraction of sp³-hybridized carbons (Fsp3) is 0.235. The Balaban J connectivity index is 1.61. The van der Waals surface area contributed by atoms with Gasteiger partial charge in [0.2, 0.25) is 5.91 Å². The third-order valence-corrected chi connectivity index (χ3v) is 3.84. The summed E-state index contributed by atoms with van der Waals surface area (Å²) in [7, 11) is 0. The predicted octanol–water partition coefficient (Wildman–Crippen LogP) is 2.29. The smallest absolute Gasteiger partial charge is 0.225 e. The standard InChI is InChI=1S/C17H18N2O2/c20-16-8-4-2-6-13(16)10-19-17(21)14-9-12-5-1-3-7-15(12)18-11-14/h1-8,14,18,20H,9-11H2,(H,19,21). The molecule has 0 radical (unpaired) electrons. The summed E-state index contributed by atoms with van der Waals surface area (Å²) in [5, 5.41) is 15.9. The maximum absolute atomic E-state index is 12.3. The fourth-order valence-electron chi connectivity index (χ4n) is 2.61. The molecule has 1 unspecified atom stereocenters. The van der Waals surface area contributed by atoms with Crippen LogP contribution in [-0.4, -0.2) is 17.6 Å². The lowest BCUT2D eigenvalue weighted by Crippen LogP contribution is -2.37. The number of anilines is 1. The second kappa shape index (κ2) is 5.87. The molecule has 2 aromatic rings. The van der Waals surface area contributed by atoms with Crippen molar-refractivity contribution in [2.75, 3.05) is 11.9 Å². The Morgan fingerprint density at radius 1 is 1.19 bits per heavy atom. The largest absolute Gasteiger partial charge is 0.508 e. The van der Waals surface area contributed by atoms with Crippen LogP contribution < -0.4 is 10.6 Å². The minimum absolute atomic E-state index is 0.0141. The lowest BCUT2D eigenvalue weighted by molar-refractivity contribution is -0.124. The Labute approximate surface area is 123 Å². The van der Waals surface area contributed by atoms with Crippen molar-refractivity contribution in [1.82, 2.24) is 5.32 Å². The molecule has 3 N–H and O–H groups in total. The monoisotopic (exact) mass is 282 g/mol. The first kappa shape index (κ1) is 13.5. The van der Waals surface area contributed by atoms with Gasteiger partial charge in [0.1, 0.15) is 5.75 Å². The van der Waals surface area contributed by atoms with Crippen molar-refractivity contribution in [2.45, 2.75) is 13.0 Å². The second-order valence-electron chi connectivity index (χ2n) is 5.29. The molecule has 1 heterocycles. The number of para-hydroxylation sites is 2. The molecule has 1 atom stereocenters. The van der Waals surface area contributed by atoms with Gasteiger partial charge in [-0.25, -0.2) is 0 Å². The van der Waals surface area contributed by atoms with Crippen LogP contribution in [0.4, 0.5) is 5.69 Å². The average molecular weight is 282 g/mol. The minimum atomic E-state index is -0.0780. The predicted molar refractivity (Wildman–Crippen MR) is 82.1 cm³/mol. The molecular weight excluding hydrogens is 264 g/mol. The van der Waals surface area contributed by atoms with Crippen LogP contribution in [0.2, 0.25) is 0 Å². The summed E-state index contributed by atoms with van der Waals surface area (Å²) in [4.78, 5) is 12.3. The highest BCUT2D eigenvalue weighted by Crippen LogP contribution is 2.24. The first-order chi connectivity index (χ1) is 10.2. The summed E-state index contributed by atoms with van der Waals surface area (Å²) in [6.45, 7) is 0.993. The normalized spacial score (nSPS) is 16.7. The Kier molecular flexibility index (Phi) is 3.77. The number of amides is 1. The van der Waals surface area contributed by atoms with E-state index < -0.39 is 0 Å². The molecule has 108 valence electrons. The topological polar surface area (TPSA) is 61.4 Å². The van der Waals surface area contributed by atoms with Gasteiger partial charge in [-0.3, -0.25) is 4.79 Å². The number of aromatic hydroxyl groups is 1. The maximum atomic E-state index is 12.3. The number of carbonyl (C=O) groups excluding carboxylic acids is 1. The lowest BCUT2D eigenvalue weighted by Gasteiger charge is -2.25. The number of carbonyl (C=O) groups is 1. The number of hydrogen-bond acceptors (Lipinski definition) is 3. The van der Waals surface area contributed by atoms with E-state index in [9.17, 15) is 9.90 Å². The van der Waals surface area contributed by atoms with Crippen LogP contribution in [0, 0.1) is 5.92 Å². The van der Waals surface area contributed by atoms with E-state index in [1.807, 2.05) is 36.4 Å². The molecule has 1 aliphatic heterocycles. The summed E-state index contributed by atoms with van der Waals surface area (Å²) in [6, 6.07) is 15.1. The molecule has 0 spiro atoms. The van der Waals surface area contributed by atoms with Gasteiger partial charge < -0.3 is 15.7 Å². The van der Waals surface area contributed by atoms with Crippen molar-refractivity contribution in [3.05, 3.63) is 59.7 Å². The summed E-state index contributed by atoms with van der Waals surface area (Å²) < 4.78 is 0. The van der Waals surface area contributed by atoms with E-state index in [0.29, 0.717) is 13.1 Å². The zero-order valence-corrected chi connectivity index (χ0v) is 11.7. The SMILES string of the molecule is O=C(NCc1ccccc1O)C1CNc2ccccc2C1. The van der Waals surface area contributed by atoms with Gasteiger partial charge in [-0.1, -0.05) is 36.4 Å². The summed E-state index contributed by atoms with van der Waals surface area (Å²) in [5.74, 6) is 0.149. The van der Waals surface area contributed by atoms with Crippen molar-refractivity contribution >= 4 is 11.6 Å². The van der Waals surface area contributed by atoms with E-state index in [0.717, 1.165) is 17.7 Å². The molecular formula is C17H18N2O2. The second-order valence-corrected chi connectivity index (χ2v) is 5.29. The summed E-state index contributed by atoms with van der Waals surface area (Å²) in [5.41, 5.74) is 3.02. The van der Waals surface area contributed by atoms with Crippen molar-refractivity contribution < 1.29 is 9.90 Å². The molecule has 0 saturated carbocycles. The number of phenols is 1. The van der Waals surface area contributed by atoms with Gasteiger partial charge in [0.25, 0.3) is 0 Å². The molecule has 1 amide bonds. The van der Waals surface area contributed by atoms with E-state index in [4.69, 9.17) is 0 Å². The molecule has 0 aromatic heterocycles. The van der Waals surface area contributed by atoms with Crippen molar-refractivity contribution in [3.63, 3.8) is 0 Å². The van der Waals surface area contributed by atoms with Crippen molar-refractivity contribution in [2.24, 2.45) is 5.92 Å². The molecule has 2 aromatic carbocycles. The number of phenolic OH excluding ortho intramolecular Hbond substituents is 1. The maximum Gasteiger partial charge on any atom is 0.225 e. The number of nitrogens with one attached hydrogen (secondary N) is 2. The first-order valence-electron chi connectivity index (χ1n) is 7.10. The highest BCUT2D eigenvalue weighted by Gasteiger charge is 2.23. The lowest BCUT2D eigenvalue weighted by atomic mass is 9.93. The highest BCUT2D eigenvalue weighted by molar-refractivity contribution is 5.80. The van der Waals surface area contributed by atoms with Crippen LogP contribution in [0.25, 0.3) is 0 Å². The summed E-state index contributed by atoms with van der Waals surface area (Å²) >= 11 is 0. The van der Waals surface area contributed by atoms with Crippen molar-refractivity contribution in [1.29, 1.82) is 0 Å². The molecule has 1 aliphatic rings. The molecule has 4 heteroatoms. The Morgan fingerprint density at radius 2 is 1.95 bits per heavy atom. The van der Waals surface area contributed by atoms with Gasteiger partial charge in [0.15, 0.2) is 0 Å². The quantitative estimate of drug-likeness (QED) is 0.809. The Hall–Kier alpha value is -2.49. The number of benzene rings is 2. The van der Waals surface area contributed by atoms with Crippen LogP contribution >= 0.6 is 0 Å². The highest BCUT2D eigenvalue weighted by atomic mass is 16.3. The van der Waals surface area contributed by atoms with Crippen LogP contribution in [-0.2, 0) is 17.8 Å².